The van der Waals surface area contributed by atoms with Gasteiger partial charge in [0.1, 0.15) is 0 Å². The molecular weight excluding hydrogens is 286 g/mol. The minimum Gasteiger partial charge on any atom is -0.471 e. The second kappa shape index (κ2) is 9.16. The molecule has 0 saturated carbocycles. The van der Waals surface area contributed by atoms with Gasteiger partial charge in [0.05, 0.1) is 7.11 Å². The molecule has 0 radical (unpaired) electrons. The molecule has 1 unspecified atom stereocenters. The third kappa shape index (κ3) is 6.43. The molecule has 21 heavy (non-hydrogen) atoms. The number of nitrogens with two attached hydrogens (primary N) is 1. The van der Waals surface area contributed by atoms with E-state index in [1.807, 2.05) is 24.3 Å². The highest BCUT2D eigenvalue weighted by molar-refractivity contribution is 6.30. The number of hydrogen-bond donors (Lipinski definition) is 1. The van der Waals surface area contributed by atoms with E-state index in [0.717, 1.165) is 11.4 Å². The minimum atomic E-state index is 0.0387. The first-order valence-corrected chi connectivity index (χ1v) is 6.97. The molecule has 0 saturated heterocycles. The smallest absolute Gasteiger partial charge is 0.292 e. The second-order valence-corrected chi connectivity index (χ2v) is 5.12. The SMILES string of the molecule is COC=O.Cc1ccc(C(N)Cc2ccc(Cl)cc2)cc1. The third-order valence-corrected chi connectivity index (χ3v) is 3.22. The molecule has 2 aromatic rings. The van der Waals surface area contributed by atoms with Crippen molar-refractivity contribution in [3.05, 3.63) is 70.2 Å². The Morgan fingerprint density at radius 2 is 1.67 bits per heavy atom. The molecule has 112 valence electrons. The first-order chi connectivity index (χ1) is 10.1. The Kier molecular flexibility index (Phi) is 7.51. The average Bonchev–Trinajstić information content (AvgIpc) is 2.50. The maximum absolute atomic E-state index is 8.95. The number of ether oxygens (including phenoxy) is 1. The van der Waals surface area contributed by atoms with Crippen LogP contribution in [-0.4, -0.2) is 13.6 Å². The van der Waals surface area contributed by atoms with Gasteiger partial charge in [-0.15, -0.1) is 0 Å². The van der Waals surface area contributed by atoms with Gasteiger partial charge in [-0.05, 0) is 36.6 Å². The number of carbonyl (C=O) groups is 1. The van der Waals surface area contributed by atoms with E-state index >= 15 is 0 Å². The molecule has 0 bridgehead atoms. The normalized spacial score (nSPS) is 11.0. The molecule has 3 nitrogen and oxygen atoms in total. The van der Waals surface area contributed by atoms with Crippen molar-refractivity contribution in [3.8, 4) is 0 Å². The predicted molar refractivity (Wildman–Crippen MR) is 86.3 cm³/mol. The average molecular weight is 306 g/mol. The molecule has 0 aliphatic heterocycles. The molecule has 0 amide bonds. The van der Waals surface area contributed by atoms with E-state index in [2.05, 4.69) is 35.9 Å². The molecule has 0 aromatic heterocycles. The molecule has 0 heterocycles. The summed E-state index contributed by atoms with van der Waals surface area (Å²) in [4.78, 5) is 8.95. The van der Waals surface area contributed by atoms with Gasteiger partial charge < -0.3 is 10.5 Å². The highest BCUT2D eigenvalue weighted by Gasteiger charge is 2.06. The van der Waals surface area contributed by atoms with Crippen molar-refractivity contribution < 1.29 is 9.53 Å². The van der Waals surface area contributed by atoms with Gasteiger partial charge in [0.25, 0.3) is 6.47 Å². The van der Waals surface area contributed by atoms with E-state index in [1.165, 1.54) is 23.8 Å². The van der Waals surface area contributed by atoms with Crippen LogP contribution in [0.3, 0.4) is 0 Å². The maximum atomic E-state index is 8.95. The lowest BCUT2D eigenvalue weighted by molar-refractivity contribution is -0.126. The van der Waals surface area contributed by atoms with Gasteiger partial charge in [-0.25, -0.2) is 0 Å². The second-order valence-electron chi connectivity index (χ2n) is 4.68. The molecule has 4 heteroatoms. The van der Waals surface area contributed by atoms with E-state index in [-0.39, 0.29) is 6.04 Å². The van der Waals surface area contributed by atoms with E-state index in [0.29, 0.717) is 6.47 Å². The highest BCUT2D eigenvalue weighted by atomic mass is 35.5. The summed E-state index contributed by atoms with van der Waals surface area (Å²) >= 11 is 5.85. The zero-order valence-corrected chi connectivity index (χ0v) is 13.0. The Morgan fingerprint density at radius 3 is 2.14 bits per heavy atom. The summed E-state index contributed by atoms with van der Waals surface area (Å²) in [6.07, 6.45) is 0.834. The molecule has 0 aliphatic carbocycles. The Balaban J connectivity index is 0.000000491. The first kappa shape index (κ1) is 17.2. The van der Waals surface area contributed by atoms with Crippen LogP contribution < -0.4 is 5.73 Å². The summed E-state index contributed by atoms with van der Waals surface area (Å²) in [6, 6.07) is 16.3. The van der Waals surface area contributed by atoms with Crippen LogP contribution in [0.1, 0.15) is 22.7 Å². The fourth-order valence-corrected chi connectivity index (χ4v) is 1.93. The van der Waals surface area contributed by atoms with Crippen molar-refractivity contribution in [2.75, 3.05) is 7.11 Å². The van der Waals surface area contributed by atoms with Gasteiger partial charge in [-0.2, -0.15) is 0 Å². The largest absolute Gasteiger partial charge is 0.471 e. The van der Waals surface area contributed by atoms with E-state index in [1.54, 1.807) is 0 Å². The topological polar surface area (TPSA) is 52.3 Å². The van der Waals surface area contributed by atoms with Crippen molar-refractivity contribution in [2.24, 2.45) is 5.73 Å². The maximum Gasteiger partial charge on any atom is 0.292 e. The molecule has 1 atom stereocenters. The lowest BCUT2D eigenvalue weighted by Gasteiger charge is -2.12. The van der Waals surface area contributed by atoms with Crippen molar-refractivity contribution in [3.63, 3.8) is 0 Å². The van der Waals surface area contributed by atoms with Crippen LogP contribution in [0.4, 0.5) is 0 Å². The summed E-state index contributed by atoms with van der Waals surface area (Å²) < 4.78 is 3.86. The van der Waals surface area contributed by atoms with Gasteiger partial charge in [0.2, 0.25) is 0 Å². The number of halogens is 1. The Morgan fingerprint density at radius 1 is 1.14 bits per heavy atom. The number of carbonyl (C=O) groups excluding carboxylic acids is 1. The summed E-state index contributed by atoms with van der Waals surface area (Å²) in [6.45, 7) is 2.45. The van der Waals surface area contributed by atoms with Gasteiger partial charge in [0.15, 0.2) is 0 Å². The van der Waals surface area contributed by atoms with Crippen molar-refractivity contribution in [1.82, 2.24) is 0 Å². The molecule has 2 aromatic carbocycles. The number of aryl methyl sites for hydroxylation is 1. The number of benzene rings is 2. The Hall–Kier alpha value is -1.84. The quantitative estimate of drug-likeness (QED) is 0.877. The van der Waals surface area contributed by atoms with Crippen molar-refractivity contribution >= 4 is 18.1 Å². The summed E-state index contributed by atoms with van der Waals surface area (Å²) in [5.41, 5.74) is 9.82. The summed E-state index contributed by atoms with van der Waals surface area (Å²) in [5.74, 6) is 0. The van der Waals surface area contributed by atoms with Crippen LogP contribution in [0.2, 0.25) is 5.02 Å². The molecule has 2 rings (SSSR count). The minimum absolute atomic E-state index is 0.0387. The predicted octanol–water partition coefficient (Wildman–Crippen LogP) is 3.68. The van der Waals surface area contributed by atoms with Crippen LogP contribution in [0.5, 0.6) is 0 Å². The number of hydrogen-bond acceptors (Lipinski definition) is 3. The van der Waals surface area contributed by atoms with Crippen LogP contribution in [-0.2, 0) is 16.0 Å². The zero-order valence-electron chi connectivity index (χ0n) is 12.3. The molecule has 0 fully saturated rings. The van der Waals surface area contributed by atoms with E-state index < -0.39 is 0 Å². The van der Waals surface area contributed by atoms with Crippen LogP contribution in [0.25, 0.3) is 0 Å². The first-order valence-electron chi connectivity index (χ1n) is 6.60. The molecule has 0 aliphatic rings. The molecule has 0 spiro atoms. The van der Waals surface area contributed by atoms with Crippen LogP contribution >= 0.6 is 11.6 Å². The molecular formula is C17H20ClNO2. The zero-order chi connectivity index (χ0) is 15.7. The van der Waals surface area contributed by atoms with Gasteiger partial charge in [0, 0.05) is 11.1 Å². The van der Waals surface area contributed by atoms with Gasteiger partial charge in [-0.3, -0.25) is 4.79 Å². The monoisotopic (exact) mass is 305 g/mol. The van der Waals surface area contributed by atoms with Crippen LogP contribution in [0.15, 0.2) is 48.5 Å². The third-order valence-electron chi connectivity index (χ3n) is 2.97. The summed E-state index contributed by atoms with van der Waals surface area (Å²) in [7, 11) is 1.31. The fraction of sp³-hybridized carbons (Fsp3) is 0.235. The fourth-order valence-electron chi connectivity index (χ4n) is 1.81. The standard InChI is InChI=1S/C15H16ClN.C2H4O2/c1-11-2-6-13(7-3-11)15(17)10-12-4-8-14(16)9-5-12;1-4-2-3/h2-9,15H,10,17H2,1H3;2H,1H3. The van der Waals surface area contributed by atoms with Gasteiger partial charge >= 0.3 is 0 Å². The molecule has 2 N–H and O–H groups in total. The Labute approximate surface area is 130 Å². The highest BCUT2D eigenvalue weighted by Crippen LogP contribution is 2.18. The van der Waals surface area contributed by atoms with Crippen molar-refractivity contribution in [1.29, 1.82) is 0 Å². The van der Waals surface area contributed by atoms with E-state index in [9.17, 15) is 0 Å². The Bertz CT molecular complexity index is 538. The van der Waals surface area contributed by atoms with Crippen LogP contribution in [0, 0.1) is 6.92 Å². The number of methoxy groups -OCH3 is 1. The van der Waals surface area contributed by atoms with E-state index in [4.69, 9.17) is 22.1 Å². The van der Waals surface area contributed by atoms with Gasteiger partial charge in [-0.1, -0.05) is 53.6 Å². The number of rotatable bonds is 4. The van der Waals surface area contributed by atoms with Crippen molar-refractivity contribution in [2.45, 2.75) is 19.4 Å². The summed E-state index contributed by atoms with van der Waals surface area (Å²) in [5, 5.41) is 0.762. The lowest BCUT2D eigenvalue weighted by Crippen LogP contribution is -2.13. The lowest BCUT2D eigenvalue weighted by atomic mass is 9.99.